The number of urea groups is 1. The highest BCUT2D eigenvalue weighted by Crippen LogP contribution is 2.09. The number of anilines is 1. The maximum absolute atomic E-state index is 12.7. The minimum atomic E-state index is -0.284. The van der Waals surface area contributed by atoms with Crippen molar-refractivity contribution in [1.82, 2.24) is 5.32 Å². The number of carbonyl (C=O) groups excluding carboxylic acids is 1. The second kappa shape index (κ2) is 6.00. The molecule has 0 aromatic heterocycles. The van der Waals surface area contributed by atoms with E-state index in [1.165, 1.54) is 12.1 Å². The Bertz CT molecular complexity index is 567. The van der Waals surface area contributed by atoms with Crippen LogP contribution in [0.25, 0.3) is 0 Å². The lowest BCUT2D eigenvalue weighted by Gasteiger charge is -2.08. The number of carbonyl (C=O) groups is 1. The summed E-state index contributed by atoms with van der Waals surface area (Å²) in [6.45, 7) is 2.32. The van der Waals surface area contributed by atoms with Crippen molar-refractivity contribution in [2.75, 3.05) is 5.32 Å². The van der Waals surface area contributed by atoms with Crippen molar-refractivity contribution in [3.8, 4) is 0 Å². The van der Waals surface area contributed by atoms with E-state index in [-0.39, 0.29) is 11.8 Å². The molecule has 0 aliphatic heterocycles. The first-order valence-electron chi connectivity index (χ1n) is 5.99. The predicted molar refractivity (Wildman–Crippen MR) is 73.4 cm³/mol. The molecule has 2 amide bonds. The zero-order chi connectivity index (χ0) is 13.7. The van der Waals surface area contributed by atoms with E-state index in [2.05, 4.69) is 10.6 Å². The first-order valence-corrected chi connectivity index (χ1v) is 5.99. The van der Waals surface area contributed by atoms with Crippen LogP contribution in [0.15, 0.2) is 48.5 Å². The molecular formula is C15H15FN2O. The summed E-state index contributed by atoms with van der Waals surface area (Å²) in [4.78, 5) is 11.7. The van der Waals surface area contributed by atoms with E-state index >= 15 is 0 Å². The van der Waals surface area contributed by atoms with Gasteiger partial charge in [0, 0.05) is 12.2 Å². The van der Waals surface area contributed by atoms with Crippen molar-refractivity contribution in [3.05, 3.63) is 65.5 Å². The van der Waals surface area contributed by atoms with Gasteiger partial charge < -0.3 is 10.6 Å². The molecule has 19 heavy (non-hydrogen) atoms. The zero-order valence-electron chi connectivity index (χ0n) is 10.6. The van der Waals surface area contributed by atoms with Crippen LogP contribution in [0, 0.1) is 12.7 Å². The van der Waals surface area contributed by atoms with Crippen molar-refractivity contribution in [3.63, 3.8) is 0 Å². The molecular weight excluding hydrogens is 243 g/mol. The highest BCUT2D eigenvalue weighted by Gasteiger charge is 2.01. The van der Waals surface area contributed by atoms with E-state index in [4.69, 9.17) is 0 Å². The van der Waals surface area contributed by atoms with Crippen LogP contribution in [0.5, 0.6) is 0 Å². The van der Waals surface area contributed by atoms with E-state index < -0.39 is 0 Å². The fourth-order valence-electron chi connectivity index (χ4n) is 1.68. The van der Waals surface area contributed by atoms with Crippen molar-refractivity contribution >= 4 is 11.7 Å². The number of benzene rings is 2. The second-order valence-electron chi connectivity index (χ2n) is 4.30. The number of rotatable bonds is 3. The van der Waals surface area contributed by atoms with Crippen LogP contribution in [0.4, 0.5) is 14.9 Å². The van der Waals surface area contributed by atoms with Crippen molar-refractivity contribution in [2.24, 2.45) is 0 Å². The molecule has 2 N–H and O–H groups in total. The van der Waals surface area contributed by atoms with Gasteiger partial charge in [0.05, 0.1) is 0 Å². The molecule has 2 aromatic carbocycles. The molecule has 0 saturated carbocycles. The summed E-state index contributed by atoms with van der Waals surface area (Å²) in [5.74, 6) is -0.284. The van der Waals surface area contributed by atoms with Crippen LogP contribution in [-0.2, 0) is 6.54 Å². The molecule has 3 nitrogen and oxygen atoms in total. The van der Waals surface area contributed by atoms with Gasteiger partial charge in [0.1, 0.15) is 5.82 Å². The van der Waals surface area contributed by atoms with Crippen LogP contribution in [0.1, 0.15) is 11.1 Å². The minimum Gasteiger partial charge on any atom is -0.334 e. The molecule has 0 atom stereocenters. The molecule has 0 aliphatic carbocycles. The molecule has 0 unspecified atom stereocenters. The Balaban J connectivity index is 1.86. The third-order valence-corrected chi connectivity index (χ3v) is 2.64. The molecule has 2 rings (SSSR count). The normalized spacial score (nSPS) is 10.0. The van der Waals surface area contributed by atoms with Crippen LogP contribution in [0.2, 0.25) is 0 Å². The maximum Gasteiger partial charge on any atom is 0.319 e. The molecule has 0 saturated heterocycles. The molecule has 2 aromatic rings. The predicted octanol–water partition coefficient (Wildman–Crippen LogP) is 3.46. The molecule has 0 spiro atoms. The average molecular weight is 258 g/mol. The van der Waals surface area contributed by atoms with Crippen LogP contribution >= 0.6 is 0 Å². The Labute approximate surface area is 111 Å². The molecule has 0 fully saturated rings. The van der Waals surface area contributed by atoms with Gasteiger partial charge in [0.2, 0.25) is 0 Å². The first-order chi connectivity index (χ1) is 9.13. The summed E-state index contributed by atoms with van der Waals surface area (Å²) in [7, 11) is 0. The van der Waals surface area contributed by atoms with E-state index in [1.54, 1.807) is 12.1 Å². The topological polar surface area (TPSA) is 41.1 Å². The number of hydrogen-bond acceptors (Lipinski definition) is 1. The van der Waals surface area contributed by atoms with Gasteiger partial charge in [-0.15, -0.1) is 0 Å². The van der Waals surface area contributed by atoms with Crippen LogP contribution in [-0.4, -0.2) is 6.03 Å². The summed E-state index contributed by atoms with van der Waals surface area (Å²) in [6.07, 6.45) is 0. The van der Waals surface area contributed by atoms with Gasteiger partial charge in [-0.25, -0.2) is 9.18 Å². The molecule has 0 aliphatic rings. The van der Waals surface area contributed by atoms with E-state index in [9.17, 15) is 9.18 Å². The molecule has 98 valence electrons. The molecule has 0 heterocycles. The lowest BCUT2D eigenvalue weighted by Crippen LogP contribution is -2.28. The highest BCUT2D eigenvalue weighted by molar-refractivity contribution is 5.89. The third kappa shape index (κ3) is 4.10. The maximum atomic E-state index is 12.7. The lowest BCUT2D eigenvalue weighted by atomic mass is 10.2. The fraction of sp³-hybridized carbons (Fsp3) is 0.133. The Morgan fingerprint density at radius 3 is 2.58 bits per heavy atom. The van der Waals surface area contributed by atoms with Crippen molar-refractivity contribution < 1.29 is 9.18 Å². The number of hydrogen-bond donors (Lipinski definition) is 2. The summed E-state index contributed by atoms with van der Waals surface area (Å²) < 4.78 is 12.7. The van der Waals surface area contributed by atoms with E-state index in [0.717, 1.165) is 16.8 Å². The molecule has 0 radical (unpaired) electrons. The van der Waals surface area contributed by atoms with E-state index in [0.29, 0.717) is 6.54 Å². The van der Waals surface area contributed by atoms with Gasteiger partial charge in [0.25, 0.3) is 0 Å². The zero-order valence-corrected chi connectivity index (χ0v) is 10.6. The van der Waals surface area contributed by atoms with Crippen molar-refractivity contribution in [1.29, 1.82) is 0 Å². The van der Waals surface area contributed by atoms with Gasteiger partial charge in [0.15, 0.2) is 0 Å². The Kier molecular flexibility index (Phi) is 4.13. The van der Waals surface area contributed by atoms with Crippen LogP contribution in [0.3, 0.4) is 0 Å². The summed E-state index contributed by atoms with van der Waals surface area (Å²) in [5.41, 5.74) is 2.67. The van der Waals surface area contributed by atoms with E-state index in [1.807, 2.05) is 31.2 Å². The Morgan fingerprint density at radius 1 is 1.16 bits per heavy atom. The Morgan fingerprint density at radius 2 is 1.89 bits per heavy atom. The lowest BCUT2D eigenvalue weighted by molar-refractivity contribution is 0.251. The average Bonchev–Trinajstić information content (AvgIpc) is 2.38. The van der Waals surface area contributed by atoms with Gasteiger partial charge >= 0.3 is 6.03 Å². The smallest absolute Gasteiger partial charge is 0.319 e. The largest absolute Gasteiger partial charge is 0.334 e. The fourth-order valence-corrected chi connectivity index (χ4v) is 1.68. The second-order valence-corrected chi connectivity index (χ2v) is 4.30. The SMILES string of the molecule is Cc1cccc(NC(=O)NCc2ccc(F)cc2)c1. The minimum absolute atomic E-state index is 0.282. The summed E-state index contributed by atoms with van der Waals surface area (Å²) >= 11 is 0. The van der Waals surface area contributed by atoms with Crippen LogP contribution < -0.4 is 10.6 Å². The number of halogens is 1. The first kappa shape index (κ1) is 13.1. The quantitative estimate of drug-likeness (QED) is 0.869. The molecule has 4 heteroatoms. The van der Waals surface area contributed by atoms with Gasteiger partial charge in [-0.1, -0.05) is 24.3 Å². The Hall–Kier alpha value is -2.36. The number of amides is 2. The molecule has 0 bridgehead atoms. The van der Waals surface area contributed by atoms with Gasteiger partial charge in [-0.3, -0.25) is 0 Å². The standard InChI is InChI=1S/C15H15FN2O/c1-11-3-2-4-14(9-11)18-15(19)17-10-12-5-7-13(16)8-6-12/h2-9H,10H2,1H3,(H2,17,18,19). The van der Waals surface area contributed by atoms with Gasteiger partial charge in [-0.2, -0.15) is 0 Å². The summed E-state index contributed by atoms with van der Waals surface area (Å²) in [6, 6.07) is 13.3. The third-order valence-electron chi connectivity index (χ3n) is 2.64. The number of aryl methyl sites for hydroxylation is 1. The van der Waals surface area contributed by atoms with Gasteiger partial charge in [-0.05, 0) is 42.3 Å². The monoisotopic (exact) mass is 258 g/mol. The number of nitrogens with one attached hydrogen (secondary N) is 2. The van der Waals surface area contributed by atoms with Crippen molar-refractivity contribution in [2.45, 2.75) is 13.5 Å². The highest BCUT2D eigenvalue weighted by atomic mass is 19.1. The summed E-state index contributed by atoms with van der Waals surface area (Å²) in [5, 5.41) is 5.45.